The molecule has 0 spiro atoms. The van der Waals surface area contributed by atoms with Gasteiger partial charge in [0.15, 0.2) is 0 Å². The molecule has 66 valence electrons. The van der Waals surface area contributed by atoms with Crippen molar-refractivity contribution in [1.82, 2.24) is 4.98 Å². The van der Waals surface area contributed by atoms with Crippen LogP contribution in [0.2, 0.25) is 0 Å². The monoisotopic (exact) mass is 165 g/mol. The van der Waals surface area contributed by atoms with Crippen molar-refractivity contribution in [3.05, 3.63) is 29.1 Å². The highest BCUT2D eigenvalue weighted by Gasteiger charge is 1.98. The number of ether oxygens (including phenoxy) is 1. The lowest BCUT2D eigenvalue weighted by Crippen LogP contribution is -1.96. The van der Waals surface area contributed by atoms with Crippen LogP contribution in [0.3, 0.4) is 0 Å². The van der Waals surface area contributed by atoms with Crippen molar-refractivity contribution in [2.24, 2.45) is 0 Å². The summed E-state index contributed by atoms with van der Waals surface area (Å²) in [5.41, 5.74) is 3.63. The van der Waals surface area contributed by atoms with Gasteiger partial charge >= 0.3 is 0 Å². The number of aromatic nitrogens is 1. The van der Waals surface area contributed by atoms with E-state index < -0.39 is 0 Å². The van der Waals surface area contributed by atoms with Crippen LogP contribution >= 0.6 is 0 Å². The predicted octanol–water partition coefficient (Wildman–Crippen LogP) is 2.10. The molecule has 0 amide bonds. The van der Waals surface area contributed by atoms with E-state index in [1.807, 2.05) is 6.20 Å². The van der Waals surface area contributed by atoms with Gasteiger partial charge in [0.25, 0.3) is 0 Å². The van der Waals surface area contributed by atoms with E-state index in [4.69, 9.17) is 4.74 Å². The SMILES string of the molecule is CCc1cnc(COC)cc1C. The van der Waals surface area contributed by atoms with E-state index in [1.165, 1.54) is 11.1 Å². The van der Waals surface area contributed by atoms with Gasteiger partial charge in [-0.25, -0.2) is 0 Å². The minimum absolute atomic E-state index is 0.602. The molecular weight excluding hydrogens is 150 g/mol. The van der Waals surface area contributed by atoms with Crippen molar-refractivity contribution in [1.29, 1.82) is 0 Å². The second kappa shape index (κ2) is 4.21. The Balaban J connectivity index is 2.86. The highest BCUT2D eigenvalue weighted by atomic mass is 16.5. The smallest absolute Gasteiger partial charge is 0.0884 e. The molecule has 0 N–H and O–H groups in total. The van der Waals surface area contributed by atoms with Crippen molar-refractivity contribution >= 4 is 0 Å². The summed E-state index contributed by atoms with van der Waals surface area (Å²) in [6, 6.07) is 2.09. The van der Waals surface area contributed by atoms with Crippen LogP contribution in [0.1, 0.15) is 23.7 Å². The second-order valence-electron chi connectivity index (χ2n) is 2.89. The zero-order valence-electron chi connectivity index (χ0n) is 7.92. The molecule has 0 radical (unpaired) electrons. The number of hydrogen-bond donors (Lipinski definition) is 0. The van der Waals surface area contributed by atoms with Gasteiger partial charge in [-0.15, -0.1) is 0 Å². The Morgan fingerprint density at radius 2 is 2.25 bits per heavy atom. The average Bonchev–Trinajstić information content (AvgIpc) is 2.05. The third kappa shape index (κ3) is 2.05. The molecule has 2 heteroatoms. The molecule has 1 aromatic heterocycles. The first-order valence-corrected chi connectivity index (χ1v) is 4.21. The molecule has 0 saturated heterocycles. The summed E-state index contributed by atoms with van der Waals surface area (Å²) in [4.78, 5) is 4.28. The Morgan fingerprint density at radius 1 is 1.50 bits per heavy atom. The van der Waals surface area contributed by atoms with E-state index in [1.54, 1.807) is 7.11 Å². The number of methoxy groups -OCH3 is 1. The minimum Gasteiger partial charge on any atom is -0.378 e. The largest absolute Gasteiger partial charge is 0.378 e. The number of rotatable bonds is 3. The maximum absolute atomic E-state index is 4.99. The highest BCUT2D eigenvalue weighted by molar-refractivity contribution is 5.24. The first kappa shape index (κ1) is 9.20. The van der Waals surface area contributed by atoms with Gasteiger partial charge in [-0.2, -0.15) is 0 Å². The second-order valence-corrected chi connectivity index (χ2v) is 2.89. The normalized spacial score (nSPS) is 10.2. The van der Waals surface area contributed by atoms with Crippen LogP contribution in [-0.4, -0.2) is 12.1 Å². The van der Waals surface area contributed by atoms with Crippen LogP contribution in [0, 0.1) is 6.92 Å². The van der Waals surface area contributed by atoms with Crippen molar-refractivity contribution in [2.75, 3.05) is 7.11 Å². The highest BCUT2D eigenvalue weighted by Crippen LogP contribution is 2.09. The third-order valence-corrected chi connectivity index (χ3v) is 1.95. The molecule has 1 rings (SSSR count). The van der Waals surface area contributed by atoms with Gasteiger partial charge in [0, 0.05) is 13.3 Å². The average molecular weight is 165 g/mol. The zero-order chi connectivity index (χ0) is 8.97. The molecule has 0 fully saturated rings. The molecule has 0 atom stereocenters. The lowest BCUT2D eigenvalue weighted by atomic mass is 10.1. The van der Waals surface area contributed by atoms with Crippen molar-refractivity contribution < 1.29 is 4.74 Å². The number of hydrogen-bond acceptors (Lipinski definition) is 2. The summed E-state index contributed by atoms with van der Waals surface area (Å²) in [6.45, 7) is 4.85. The lowest BCUT2D eigenvalue weighted by molar-refractivity contribution is 0.181. The zero-order valence-corrected chi connectivity index (χ0v) is 7.92. The van der Waals surface area contributed by atoms with Crippen LogP contribution in [0.5, 0.6) is 0 Å². The molecule has 0 aliphatic rings. The van der Waals surface area contributed by atoms with Gasteiger partial charge in [0.05, 0.1) is 12.3 Å². The van der Waals surface area contributed by atoms with E-state index in [-0.39, 0.29) is 0 Å². The van der Waals surface area contributed by atoms with E-state index in [2.05, 4.69) is 24.9 Å². The van der Waals surface area contributed by atoms with E-state index in [0.717, 1.165) is 12.1 Å². The topological polar surface area (TPSA) is 22.1 Å². The summed E-state index contributed by atoms with van der Waals surface area (Å²) >= 11 is 0. The van der Waals surface area contributed by atoms with Gasteiger partial charge in [-0.05, 0) is 30.5 Å². The maximum atomic E-state index is 4.99. The van der Waals surface area contributed by atoms with Crippen LogP contribution in [0.4, 0.5) is 0 Å². The fourth-order valence-electron chi connectivity index (χ4n) is 1.24. The fraction of sp³-hybridized carbons (Fsp3) is 0.500. The summed E-state index contributed by atoms with van der Waals surface area (Å²) in [5, 5.41) is 0. The predicted molar refractivity (Wildman–Crippen MR) is 49.1 cm³/mol. The molecule has 0 unspecified atom stereocenters. The van der Waals surface area contributed by atoms with Gasteiger partial charge in [0.2, 0.25) is 0 Å². The molecule has 0 aliphatic heterocycles. The van der Waals surface area contributed by atoms with Crippen molar-refractivity contribution in [3.8, 4) is 0 Å². The standard InChI is InChI=1S/C10H15NO/c1-4-9-6-11-10(7-12-3)5-8(9)2/h5-6H,4,7H2,1-3H3. The maximum Gasteiger partial charge on any atom is 0.0884 e. The Bertz CT molecular complexity index is 258. The Hall–Kier alpha value is -0.890. The fourth-order valence-corrected chi connectivity index (χ4v) is 1.24. The number of pyridine rings is 1. The van der Waals surface area contributed by atoms with Crippen LogP contribution in [-0.2, 0) is 17.8 Å². The first-order valence-electron chi connectivity index (χ1n) is 4.21. The Kier molecular flexibility index (Phi) is 3.23. The summed E-state index contributed by atoms with van der Waals surface area (Å²) in [7, 11) is 1.69. The van der Waals surface area contributed by atoms with Gasteiger partial charge in [-0.1, -0.05) is 6.92 Å². The van der Waals surface area contributed by atoms with E-state index >= 15 is 0 Å². The van der Waals surface area contributed by atoms with Gasteiger partial charge in [-0.3, -0.25) is 4.98 Å². The van der Waals surface area contributed by atoms with Gasteiger partial charge in [0.1, 0.15) is 0 Å². The third-order valence-electron chi connectivity index (χ3n) is 1.95. The summed E-state index contributed by atoms with van der Waals surface area (Å²) in [6.07, 6.45) is 2.98. The minimum atomic E-state index is 0.602. The van der Waals surface area contributed by atoms with Crippen LogP contribution in [0.15, 0.2) is 12.3 Å². The lowest BCUT2D eigenvalue weighted by Gasteiger charge is -2.04. The number of nitrogens with zero attached hydrogens (tertiary/aromatic N) is 1. The van der Waals surface area contributed by atoms with Gasteiger partial charge < -0.3 is 4.74 Å². The van der Waals surface area contributed by atoms with Crippen LogP contribution in [0.25, 0.3) is 0 Å². The molecule has 12 heavy (non-hydrogen) atoms. The molecule has 0 aromatic carbocycles. The summed E-state index contributed by atoms with van der Waals surface area (Å²) < 4.78 is 4.99. The molecule has 1 aromatic rings. The Morgan fingerprint density at radius 3 is 2.75 bits per heavy atom. The number of aryl methyl sites for hydroxylation is 2. The summed E-state index contributed by atoms with van der Waals surface area (Å²) in [5.74, 6) is 0. The molecule has 0 saturated carbocycles. The molecule has 0 aliphatic carbocycles. The van der Waals surface area contributed by atoms with E-state index in [0.29, 0.717) is 6.61 Å². The van der Waals surface area contributed by atoms with E-state index in [9.17, 15) is 0 Å². The molecular formula is C10H15NO. The first-order chi connectivity index (χ1) is 5.77. The molecule has 1 heterocycles. The van der Waals surface area contributed by atoms with Crippen molar-refractivity contribution in [3.63, 3.8) is 0 Å². The van der Waals surface area contributed by atoms with Crippen LogP contribution < -0.4 is 0 Å². The molecule has 2 nitrogen and oxygen atoms in total. The van der Waals surface area contributed by atoms with Crippen molar-refractivity contribution in [2.45, 2.75) is 26.9 Å². The molecule has 0 bridgehead atoms. The Labute approximate surface area is 73.6 Å². The quantitative estimate of drug-likeness (QED) is 0.684.